The third-order valence-corrected chi connectivity index (χ3v) is 5.26. The normalized spacial score (nSPS) is 11.2. The maximum Gasteiger partial charge on any atom is 0.387 e. The Hall–Kier alpha value is -3.41. The topological polar surface area (TPSA) is 96.4 Å². The number of halogens is 2. The molecule has 0 radical (unpaired) electrons. The molecule has 0 aliphatic carbocycles. The van der Waals surface area contributed by atoms with Gasteiger partial charge in [0.25, 0.3) is 0 Å². The Morgan fingerprint density at radius 1 is 0.900 bits per heavy atom. The first-order chi connectivity index (χ1) is 14.5. The van der Waals surface area contributed by atoms with Gasteiger partial charge in [0, 0.05) is 0 Å². The summed E-state index contributed by atoms with van der Waals surface area (Å²) < 4.78 is 32.2. The molecule has 4 aromatic rings. The number of alkyl halides is 2. The lowest BCUT2D eigenvalue weighted by Crippen LogP contribution is -2.05. The SMILES string of the molecule is Cc1ccc(-n2nnnc2SCc2nnnn2-c2ccc(OC(F)F)cc2)cc1C. The van der Waals surface area contributed by atoms with E-state index in [1.54, 1.807) is 16.8 Å². The molecule has 2 aromatic carbocycles. The molecule has 9 nitrogen and oxygen atoms in total. The molecule has 12 heteroatoms. The maximum absolute atomic E-state index is 12.3. The first-order valence-electron chi connectivity index (χ1n) is 8.82. The van der Waals surface area contributed by atoms with Gasteiger partial charge >= 0.3 is 6.61 Å². The third kappa shape index (κ3) is 4.27. The predicted octanol–water partition coefficient (Wildman–Crippen LogP) is 3.15. The molecule has 2 heterocycles. The van der Waals surface area contributed by atoms with Crippen LogP contribution in [0.15, 0.2) is 47.6 Å². The van der Waals surface area contributed by atoms with E-state index in [1.165, 1.54) is 34.1 Å². The fraction of sp³-hybridized carbons (Fsp3) is 0.222. The molecule has 30 heavy (non-hydrogen) atoms. The zero-order valence-electron chi connectivity index (χ0n) is 16.0. The van der Waals surface area contributed by atoms with Crippen LogP contribution in [-0.2, 0) is 5.75 Å². The highest BCUT2D eigenvalue weighted by Crippen LogP contribution is 2.24. The molecule has 0 aliphatic heterocycles. The fourth-order valence-electron chi connectivity index (χ4n) is 2.68. The Balaban J connectivity index is 1.51. The zero-order valence-corrected chi connectivity index (χ0v) is 16.8. The van der Waals surface area contributed by atoms with Crippen molar-refractivity contribution in [2.75, 3.05) is 0 Å². The third-order valence-electron chi connectivity index (χ3n) is 4.35. The monoisotopic (exact) mass is 430 g/mol. The number of rotatable bonds is 7. The molecule has 2 aromatic heterocycles. The number of aryl methyl sites for hydroxylation is 2. The van der Waals surface area contributed by atoms with Gasteiger partial charge in [0.05, 0.1) is 17.1 Å². The number of nitrogens with zero attached hydrogens (tertiary/aromatic N) is 8. The minimum absolute atomic E-state index is 0.0605. The summed E-state index contributed by atoms with van der Waals surface area (Å²) in [6.07, 6.45) is 0. The minimum Gasteiger partial charge on any atom is -0.435 e. The molecule has 0 saturated carbocycles. The summed E-state index contributed by atoms with van der Waals surface area (Å²) in [4.78, 5) is 0. The van der Waals surface area contributed by atoms with E-state index in [0.29, 0.717) is 22.4 Å². The van der Waals surface area contributed by atoms with Crippen molar-refractivity contribution in [3.8, 4) is 17.1 Å². The smallest absolute Gasteiger partial charge is 0.387 e. The van der Waals surface area contributed by atoms with Gasteiger partial charge in [0.1, 0.15) is 5.75 Å². The van der Waals surface area contributed by atoms with Gasteiger partial charge in [-0.1, -0.05) is 17.8 Å². The van der Waals surface area contributed by atoms with Crippen molar-refractivity contribution in [1.82, 2.24) is 40.4 Å². The second kappa shape index (κ2) is 8.53. The van der Waals surface area contributed by atoms with Crippen LogP contribution >= 0.6 is 11.8 Å². The van der Waals surface area contributed by atoms with Crippen molar-refractivity contribution in [3.05, 3.63) is 59.4 Å². The Kier molecular flexibility index (Phi) is 5.65. The highest BCUT2D eigenvalue weighted by atomic mass is 32.2. The molecule has 0 aliphatic rings. The van der Waals surface area contributed by atoms with Crippen molar-refractivity contribution in [2.24, 2.45) is 0 Å². The molecule has 0 unspecified atom stereocenters. The average Bonchev–Trinajstić information content (AvgIpc) is 3.38. The molecule has 0 saturated heterocycles. The van der Waals surface area contributed by atoms with Crippen LogP contribution in [0.2, 0.25) is 0 Å². The Bertz CT molecular complexity index is 1150. The highest BCUT2D eigenvalue weighted by molar-refractivity contribution is 7.98. The largest absolute Gasteiger partial charge is 0.435 e. The van der Waals surface area contributed by atoms with Gasteiger partial charge in [-0.2, -0.15) is 18.1 Å². The van der Waals surface area contributed by atoms with E-state index < -0.39 is 6.61 Å². The number of benzene rings is 2. The van der Waals surface area contributed by atoms with Crippen LogP contribution in [0, 0.1) is 13.8 Å². The van der Waals surface area contributed by atoms with E-state index in [0.717, 1.165) is 11.3 Å². The van der Waals surface area contributed by atoms with Crippen molar-refractivity contribution < 1.29 is 13.5 Å². The van der Waals surface area contributed by atoms with Gasteiger partial charge in [-0.05, 0) is 82.2 Å². The standard InChI is InChI=1S/C18H16F2N8OS/c1-11-3-4-14(9-12(11)2)28-18(22-24-26-28)30-10-16-21-23-25-27(16)13-5-7-15(8-6-13)29-17(19)20/h3-9,17H,10H2,1-2H3. The number of ether oxygens (including phenoxy) is 1. The number of tetrazole rings is 2. The molecule has 0 spiro atoms. The summed E-state index contributed by atoms with van der Waals surface area (Å²) in [6.45, 7) is 1.20. The fourth-order valence-corrected chi connectivity index (χ4v) is 3.48. The predicted molar refractivity (Wildman–Crippen MR) is 104 cm³/mol. The number of aromatic nitrogens is 8. The van der Waals surface area contributed by atoms with Crippen molar-refractivity contribution >= 4 is 11.8 Å². The second-order valence-corrected chi connectivity index (χ2v) is 7.25. The van der Waals surface area contributed by atoms with Crippen molar-refractivity contribution in [3.63, 3.8) is 0 Å². The lowest BCUT2D eigenvalue weighted by Gasteiger charge is -2.08. The second-order valence-electron chi connectivity index (χ2n) is 6.31. The number of hydrogen-bond donors (Lipinski definition) is 0. The van der Waals surface area contributed by atoms with Gasteiger partial charge < -0.3 is 4.74 Å². The molecular formula is C18H16F2N8OS. The van der Waals surface area contributed by atoms with E-state index in [9.17, 15) is 8.78 Å². The molecule has 0 bridgehead atoms. The first-order valence-corrected chi connectivity index (χ1v) is 9.81. The maximum atomic E-state index is 12.3. The number of thioether (sulfide) groups is 1. The minimum atomic E-state index is -2.88. The Morgan fingerprint density at radius 3 is 2.33 bits per heavy atom. The van der Waals surface area contributed by atoms with Gasteiger partial charge in [0.15, 0.2) is 5.82 Å². The number of hydrogen-bond acceptors (Lipinski definition) is 8. The van der Waals surface area contributed by atoms with E-state index in [1.807, 2.05) is 32.0 Å². The van der Waals surface area contributed by atoms with Crippen LogP contribution in [-0.4, -0.2) is 47.0 Å². The average molecular weight is 430 g/mol. The van der Waals surface area contributed by atoms with Crippen LogP contribution in [0.25, 0.3) is 11.4 Å². The van der Waals surface area contributed by atoms with Crippen LogP contribution in [0.1, 0.15) is 17.0 Å². The molecule has 0 amide bonds. The van der Waals surface area contributed by atoms with E-state index >= 15 is 0 Å². The van der Waals surface area contributed by atoms with Gasteiger partial charge in [-0.25, -0.2) is 0 Å². The van der Waals surface area contributed by atoms with Gasteiger partial charge in [-0.3, -0.25) is 0 Å². The quantitative estimate of drug-likeness (QED) is 0.413. The summed E-state index contributed by atoms with van der Waals surface area (Å²) in [6, 6.07) is 12.0. The lowest BCUT2D eigenvalue weighted by molar-refractivity contribution is -0.0498. The summed E-state index contributed by atoms with van der Waals surface area (Å²) in [5.74, 6) is 1.01. The first kappa shape index (κ1) is 19.9. The lowest BCUT2D eigenvalue weighted by atomic mass is 10.1. The van der Waals surface area contributed by atoms with Crippen molar-refractivity contribution in [2.45, 2.75) is 31.4 Å². The molecule has 4 rings (SSSR count). The molecule has 0 fully saturated rings. The van der Waals surface area contributed by atoms with E-state index in [-0.39, 0.29) is 5.75 Å². The Morgan fingerprint density at radius 2 is 1.60 bits per heavy atom. The van der Waals surface area contributed by atoms with Crippen LogP contribution in [0.4, 0.5) is 8.78 Å². The molecule has 0 atom stereocenters. The zero-order chi connectivity index (χ0) is 21.1. The van der Waals surface area contributed by atoms with Crippen LogP contribution in [0.5, 0.6) is 5.75 Å². The summed E-state index contributed by atoms with van der Waals surface area (Å²) >= 11 is 1.38. The van der Waals surface area contributed by atoms with Gasteiger partial charge in [-0.15, -0.1) is 10.2 Å². The summed E-state index contributed by atoms with van der Waals surface area (Å²) in [7, 11) is 0. The van der Waals surface area contributed by atoms with Crippen molar-refractivity contribution in [1.29, 1.82) is 0 Å². The van der Waals surface area contributed by atoms with Crippen LogP contribution in [0.3, 0.4) is 0 Å². The van der Waals surface area contributed by atoms with E-state index in [4.69, 9.17) is 0 Å². The molecule has 154 valence electrons. The van der Waals surface area contributed by atoms with Crippen LogP contribution < -0.4 is 4.74 Å². The molecular weight excluding hydrogens is 414 g/mol. The highest BCUT2D eigenvalue weighted by Gasteiger charge is 2.14. The molecule has 0 N–H and O–H groups in total. The summed E-state index contributed by atoms with van der Waals surface area (Å²) in [5, 5.41) is 24.2. The summed E-state index contributed by atoms with van der Waals surface area (Å²) in [5.41, 5.74) is 3.80. The van der Waals surface area contributed by atoms with Gasteiger partial charge in [0.2, 0.25) is 5.16 Å². The van der Waals surface area contributed by atoms with E-state index in [2.05, 4.69) is 35.8 Å². The Labute approximate surface area is 174 Å².